The van der Waals surface area contributed by atoms with E-state index in [-0.39, 0.29) is 12.0 Å². The van der Waals surface area contributed by atoms with Gasteiger partial charge in [-0.3, -0.25) is 4.79 Å². The van der Waals surface area contributed by atoms with Gasteiger partial charge in [0.25, 0.3) is 5.91 Å². The molecule has 1 atom stereocenters. The number of carbonyl (C=O) groups excluding carboxylic acids is 1. The molecule has 0 spiro atoms. The zero-order chi connectivity index (χ0) is 15.3. The van der Waals surface area contributed by atoms with E-state index in [0.717, 1.165) is 28.8 Å². The Morgan fingerprint density at radius 2 is 2.14 bits per heavy atom. The molecule has 1 unspecified atom stereocenters. The Kier molecular flexibility index (Phi) is 2.94. The standard InChI is InChI=1S/C17H13ClN2O2/c1-2-13-10-7-14(18)19-8-11(10)16(22-13)15-9-5-3-4-6-12(9)20-17(15)21/h3-8,13H,2H2,1H3,(H,20,21). The number of para-hydroxylation sites is 1. The molecule has 1 amide bonds. The Bertz CT molecular complexity index is 829. The first-order valence-electron chi connectivity index (χ1n) is 7.16. The highest BCUT2D eigenvalue weighted by Gasteiger charge is 2.35. The lowest BCUT2D eigenvalue weighted by atomic mass is 10.0. The summed E-state index contributed by atoms with van der Waals surface area (Å²) in [6.07, 6.45) is 2.38. The Balaban J connectivity index is 1.96. The van der Waals surface area contributed by atoms with E-state index in [9.17, 15) is 4.79 Å². The number of nitrogens with zero attached hydrogens (tertiary/aromatic N) is 1. The van der Waals surface area contributed by atoms with Gasteiger partial charge in [0.05, 0.1) is 5.57 Å². The molecule has 2 aliphatic heterocycles. The minimum atomic E-state index is -0.145. The molecule has 4 nitrogen and oxygen atoms in total. The molecule has 3 heterocycles. The molecule has 1 N–H and O–H groups in total. The molecule has 0 fully saturated rings. The van der Waals surface area contributed by atoms with Crippen molar-refractivity contribution in [3.05, 3.63) is 58.4 Å². The molecule has 4 rings (SSSR count). The maximum Gasteiger partial charge on any atom is 0.260 e. The number of benzene rings is 1. The SMILES string of the molecule is CCC1OC(=C2C(=O)Nc3ccccc32)c2cnc(Cl)cc21. The number of pyridine rings is 1. The van der Waals surface area contributed by atoms with E-state index in [1.54, 1.807) is 6.20 Å². The highest BCUT2D eigenvalue weighted by atomic mass is 35.5. The van der Waals surface area contributed by atoms with Crippen LogP contribution in [-0.2, 0) is 9.53 Å². The summed E-state index contributed by atoms with van der Waals surface area (Å²) in [5, 5.41) is 3.31. The molecule has 0 saturated heterocycles. The van der Waals surface area contributed by atoms with E-state index in [2.05, 4.69) is 10.3 Å². The number of aromatic nitrogens is 1. The molecule has 5 heteroatoms. The van der Waals surface area contributed by atoms with Gasteiger partial charge in [-0.15, -0.1) is 0 Å². The number of amides is 1. The molecular weight excluding hydrogens is 300 g/mol. The Morgan fingerprint density at radius 1 is 1.32 bits per heavy atom. The van der Waals surface area contributed by atoms with Crippen LogP contribution in [-0.4, -0.2) is 10.9 Å². The van der Waals surface area contributed by atoms with E-state index < -0.39 is 0 Å². The van der Waals surface area contributed by atoms with Gasteiger partial charge in [0, 0.05) is 28.6 Å². The number of hydrogen-bond donors (Lipinski definition) is 1. The minimum Gasteiger partial charge on any atom is -0.484 e. The average molecular weight is 313 g/mol. The number of nitrogens with one attached hydrogen (secondary N) is 1. The predicted octanol–water partition coefficient (Wildman–Crippen LogP) is 4.04. The van der Waals surface area contributed by atoms with Crippen molar-refractivity contribution >= 4 is 34.5 Å². The van der Waals surface area contributed by atoms with Crippen molar-refractivity contribution in [1.29, 1.82) is 0 Å². The van der Waals surface area contributed by atoms with Crippen LogP contribution in [0.4, 0.5) is 5.69 Å². The van der Waals surface area contributed by atoms with Gasteiger partial charge in [0.15, 0.2) is 0 Å². The van der Waals surface area contributed by atoms with Crippen LogP contribution in [0.5, 0.6) is 0 Å². The highest BCUT2D eigenvalue weighted by Crippen LogP contribution is 2.46. The predicted molar refractivity (Wildman–Crippen MR) is 85.2 cm³/mol. The molecule has 0 bridgehead atoms. The maximum atomic E-state index is 12.4. The van der Waals surface area contributed by atoms with Crippen LogP contribution in [0.3, 0.4) is 0 Å². The van der Waals surface area contributed by atoms with Crippen LogP contribution >= 0.6 is 11.6 Å². The maximum absolute atomic E-state index is 12.4. The van der Waals surface area contributed by atoms with Gasteiger partial charge in [0.2, 0.25) is 0 Å². The van der Waals surface area contributed by atoms with E-state index in [1.165, 1.54) is 0 Å². The first-order valence-corrected chi connectivity index (χ1v) is 7.54. The van der Waals surface area contributed by atoms with Crippen molar-refractivity contribution in [3.8, 4) is 0 Å². The Morgan fingerprint density at radius 3 is 2.95 bits per heavy atom. The number of ether oxygens (including phenoxy) is 1. The zero-order valence-electron chi connectivity index (χ0n) is 11.9. The van der Waals surface area contributed by atoms with Gasteiger partial charge in [-0.05, 0) is 18.6 Å². The summed E-state index contributed by atoms with van der Waals surface area (Å²) < 4.78 is 6.07. The number of anilines is 1. The van der Waals surface area contributed by atoms with Gasteiger partial charge in [-0.25, -0.2) is 4.98 Å². The van der Waals surface area contributed by atoms with Crippen LogP contribution in [0, 0.1) is 0 Å². The van der Waals surface area contributed by atoms with Gasteiger partial charge in [-0.2, -0.15) is 0 Å². The molecule has 0 saturated carbocycles. The zero-order valence-corrected chi connectivity index (χ0v) is 12.6. The fraction of sp³-hybridized carbons (Fsp3) is 0.176. The van der Waals surface area contributed by atoms with Crippen molar-refractivity contribution in [2.24, 2.45) is 0 Å². The third-order valence-electron chi connectivity index (χ3n) is 4.02. The average Bonchev–Trinajstić information content (AvgIpc) is 3.03. The summed E-state index contributed by atoms with van der Waals surface area (Å²) in [6.45, 7) is 2.04. The first-order chi connectivity index (χ1) is 10.7. The minimum absolute atomic E-state index is 0.0986. The van der Waals surface area contributed by atoms with Gasteiger partial charge in [0.1, 0.15) is 17.0 Å². The monoisotopic (exact) mass is 312 g/mol. The summed E-state index contributed by atoms with van der Waals surface area (Å²) in [7, 11) is 0. The second-order valence-corrected chi connectivity index (χ2v) is 5.70. The van der Waals surface area contributed by atoms with Crippen LogP contribution in [0.15, 0.2) is 36.5 Å². The highest BCUT2D eigenvalue weighted by molar-refractivity contribution is 6.36. The second kappa shape index (κ2) is 4.85. The summed E-state index contributed by atoms with van der Waals surface area (Å²) in [6, 6.07) is 9.42. The van der Waals surface area contributed by atoms with Gasteiger partial charge < -0.3 is 10.1 Å². The van der Waals surface area contributed by atoms with E-state index in [1.807, 2.05) is 37.3 Å². The van der Waals surface area contributed by atoms with E-state index >= 15 is 0 Å². The normalized spacial score (nSPS) is 22.1. The summed E-state index contributed by atoms with van der Waals surface area (Å²) in [4.78, 5) is 16.5. The Labute approximate surface area is 132 Å². The van der Waals surface area contributed by atoms with Crippen molar-refractivity contribution in [3.63, 3.8) is 0 Å². The van der Waals surface area contributed by atoms with E-state index in [0.29, 0.717) is 16.5 Å². The van der Waals surface area contributed by atoms with Crippen LogP contribution < -0.4 is 5.32 Å². The first kappa shape index (κ1) is 13.3. The molecule has 2 aromatic rings. The number of carbonyl (C=O) groups is 1. The van der Waals surface area contributed by atoms with Crippen molar-refractivity contribution < 1.29 is 9.53 Å². The molecule has 2 aliphatic rings. The Hall–Kier alpha value is -2.33. The van der Waals surface area contributed by atoms with Crippen LogP contribution in [0.1, 0.15) is 36.1 Å². The third kappa shape index (κ3) is 1.84. The number of fused-ring (bicyclic) bond motifs is 2. The van der Waals surface area contributed by atoms with Gasteiger partial charge in [-0.1, -0.05) is 36.7 Å². The molecule has 110 valence electrons. The lowest BCUT2D eigenvalue weighted by Gasteiger charge is -2.09. The second-order valence-electron chi connectivity index (χ2n) is 5.31. The van der Waals surface area contributed by atoms with Gasteiger partial charge >= 0.3 is 0 Å². The largest absolute Gasteiger partial charge is 0.484 e. The molecule has 1 aromatic heterocycles. The molecule has 1 aromatic carbocycles. The molecule has 22 heavy (non-hydrogen) atoms. The summed E-state index contributed by atoms with van der Waals surface area (Å²) in [5.41, 5.74) is 4.07. The lowest BCUT2D eigenvalue weighted by Crippen LogP contribution is -2.06. The molecular formula is C17H13ClN2O2. The quantitative estimate of drug-likeness (QED) is 0.638. The van der Waals surface area contributed by atoms with Crippen molar-refractivity contribution in [2.45, 2.75) is 19.4 Å². The van der Waals surface area contributed by atoms with Crippen LogP contribution in [0.25, 0.3) is 11.3 Å². The molecule has 0 radical (unpaired) electrons. The smallest absolute Gasteiger partial charge is 0.260 e. The topological polar surface area (TPSA) is 51.2 Å². The fourth-order valence-electron chi connectivity index (χ4n) is 3.01. The van der Waals surface area contributed by atoms with Crippen molar-refractivity contribution in [2.75, 3.05) is 5.32 Å². The van der Waals surface area contributed by atoms with Crippen LogP contribution in [0.2, 0.25) is 5.15 Å². The number of hydrogen-bond acceptors (Lipinski definition) is 3. The third-order valence-corrected chi connectivity index (χ3v) is 4.23. The summed E-state index contributed by atoms with van der Waals surface area (Å²) >= 11 is 6.00. The number of halogens is 1. The lowest BCUT2D eigenvalue weighted by molar-refractivity contribution is -0.110. The fourth-order valence-corrected chi connectivity index (χ4v) is 3.18. The summed E-state index contributed by atoms with van der Waals surface area (Å²) in [5.74, 6) is 0.447. The number of rotatable bonds is 1. The van der Waals surface area contributed by atoms with E-state index in [4.69, 9.17) is 16.3 Å². The molecule has 0 aliphatic carbocycles. The van der Waals surface area contributed by atoms with Crippen molar-refractivity contribution in [1.82, 2.24) is 4.98 Å².